The van der Waals surface area contributed by atoms with Crippen LogP contribution in [0, 0.1) is 6.92 Å². The maximum absolute atomic E-state index is 12.6. The van der Waals surface area contributed by atoms with Gasteiger partial charge in [0.05, 0.1) is 19.1 Å². The fourth-order valence-corrected chi connectivity index (χ4v) is 2.65. The van der Waals surface area contributed by atoms with Gasteiger partial charge in [0.1, 0.15) is 6.04 Å². The molecule has 144 valence electrons. The van der Waals surface area contributed by atoms with Crippen molar-refractivity contribution in [2.45, 2.75) is 32.0 Å². The number of benzene rings is 2. The normalized spacial score (nSPS) is 12.3. The van der Waals surface area contributed by atoms with Crippen LogP contribution in [0.1, 0.15) is 22.3 Å². The summed E-state index contributed by atoms with van der Waals surface area (Å²) in [6.45, 7) is 1.92. The number of hydrogen-bond donors (Lipinski definition) is 1. The van der Waals surface area contributed by atoms with Crippen LogP contribution in [0.15, 0.2) is 48.5 Å². The van der Waals surface area contributed by atoms with Crippen LogP contribution in [0.3, 0.4) is 0 Å². The predicted molar refractivity (Wildman–Crippen MR) is 94.0 cm³/mol. The van der Waals surface area contributed by atoms with E-state index in [1.807, 2.05) is 31.2 Å². The van der Waals surface area contributed by atoms with E-state index in [1.165, 1.54) is 19.2 Å². The van der Waals surface area contributed by atoms with Crippen LogP contribution >= 0.6 is 0 Å². The molecule has 0 unspecified atom stereocenters. The molecule has 1 atom stereocenters. The zero-order valence-corrected chi connectivity index (χ0v) is 15.0. The molecular weight excluding hydrogens is 359 g/mol. The number of aryl methyl sites for hydroxylation is 1. The molecule has 0 aliphatic heterocycles. The van der Waals surface area contributed by atoms with Crippen molar-refractivity contribution in [3.8, 4) is 0 Å². The van der Waals surface area contributed by atoms with Gasteiger partial charge in [-0.1, -0.05) is 42.0 Å². The van der Waals surface area contributed by atoms with Gasteiger partial charge in [-0.3, -0.25) is 4.79 Å². The molecule has 2 aromatic carbocycles. The quantitative estimate of drug-likeness (QED) is 0.782. The minimum Gasteiger partial charge on any atom is -0.467 e. The Labute approximate surface area is 155 Å². The van der Waals surface area contributed by atoms with Gasteiger partial charge < -0.3 is 10.1 Å². The smallest absolute Gasteiger partial charge is 0.416 e. The summed E-state index contributed by atoms with van der Waals surface area (Å²) in [6.07, 6.45) is -4.31. The third-order valence-corrected chi connectivity index (χ3v) is 3.99. The van der Waals surface area contributed by atoms with E-state index in [-0.39, 0.29) is 12.8 Å². The van der Waals surface area contributed by atoms with Crippen molar-refractivity contribution in [1.82, 2.24) is 5.32 Å². The molecule has 2 aromatic rings. The number of methoxy groups -OCH3 is 1. The van der Waals surface area contributed by atoms with Crippen LogP contribution in [0.5, 0.6) is 0 Å². The Bertz CT molecular complexity index is 801. The third kappa shape index (κ3) is 6.13. The van der Waals surface area contributed by atoms with E-state index in [0.29, 0.717) is 5.56 Å². The number of carbonyl (C=O) groups excluding carboxylic acids is 2. The van der Waals surface area contributed by atoms with E-state index in [2.05, 4.69) is 5.32 Å². The van der Waals surface area contributed by atoms with Crippen molar-refractivity contribution in [3.63, 3.8) is 0 Å². The Hall–Kier alpha value is -2.83. The molecule has 27 heavy (non-hydrogen) atoms. The molecule has 1 N–H and O–H groups in total. The summed E-state index contributed by atoms with van der Waals surface area (Å²) in [5.74, 6) is -1.06. The number of ether oxygens (including phenoxy) is 1. The highest BCUT2D eigenvalue weighted by Gasteiger charge is 2.30. The lowest BCUT2D eigenvalue weighted by Crippen LogP contribution is -2.43. The minimum atomic E-state index is -4.43. The molecule has 0 aliphatic carbocycles. The van der Waals surface area contributed by atoms with Crippen molar-refractivity contribution < 1.29 is 27.5 Å². The SMILES string of the molecule is COC(=O)[C@H](Cc1cccc(C)c1)NC(=O)Cc1ccc(C(F)(F)F)cc1. The Morgan fingerprint density at radius 2 is 1.74 bits per heavy atom. The summed E-state index contributed by atoms with van der Waals surface area (Å²) < 4.78 is 42.5. The highest BCUT2D eigenvalue weighted by atomic mass is 19.4. The highest BCUT2D eigenvalue weighted by molar-refractivity contribution is 5.85. The Balaban J connectivity index is 2.04. The fourth-order valence-electron chi connectivity index (χ4n) is 2.65. The van der Waals surface area contributed by atoms with E-state index in [9.17, 15) is 22.8 Å². The van der Waals surface area contributed by atoms with Crippen LogP contribution in [-0.4, -0.2) is 25.0 Å². The van der Waals surface area contributed by atoms with Gasteiger partial charge >= 0.3 is 12.1 Å². The van der Waals surface area contributed by atoms with Crippen LogP contribution in [0.4, 0.5) is 13.2 Å². The van der Waals surface area contributed by atoms with E-state index in [0.717, 1.165) is 23.3 Å². The van der Waals surface area contributed by atoms with Gasteiger partial charge in [-0.05, 0) is 30.2 Å². The average Bonchev–Trinajstić information content (AvgIpc) is 2.60. The van der Waals surface area contributed by atoms with Gasteiger partial charge in [-0.15, -0.1) is 0 Å². The number of halogens is 3. The van der Waals surface area contributed by atoms with Gasteiger partial charge in [0.25, 0.3) is 0 Å². The van der Waals surface area contributed by atoms with E-state index in [1.54, 1.807) is 0 Å². The summed E-state index contributed by atoms with van der Waals surface area (Å²) in [7, 11) is 1.23. The number of rotatable bonds is 6. The number of alkyl halides is 3. The molecule has 0 radical (unpaired) electrons. The van der Waals surface area contributed by atoms with Gasteiger partial charge in [-0.2, -0.15) is 13.2 Å². The van der Waals surface area contributed by atoms with Crippen molar-refractivity contribution in [1.29, 1.82) is 0 Å². The molecule has 0 spiro atoms. The molecule has 0 fully saturated rings. The third-order valence-electron chi connectivity index (χ3n) is 3.99. The second-order valence-corrected chi connectivity index (χ2v) is 6.21. The Morgan fingerprint density at radius 1 is 1.07 bits per heavy atom. The standard InChI is InChI=1S/C20H20F3NO3/c1-13-4-3-5-15(10-13)11-17(19(26)27-2)24-18(25)12-14-6-8-16(9-7-14)20(21,22)23/h3-10,17H,11-12H2,1-2H3,(H,24,25)/t17-/m0/s1. The van der Waals surface area contributed by atoms with Crippen LogP contribution in [0.2, 0.25) is 0 Å². The Morgan fingerprint density at radius 3 is 2.30 bits per heavy atom. The number of amides is 1. The zero-order valence-electron chi connectivity index (χ0n) is 15.0. The van der Waals surface area contributed by atoms with E-state index in [4.69, 9.17) is 4.74 Å². The van der Waals surface area contributed by atoms with Crippen LogP contribution in [0.25, 0.3) is 0 Å². The minimum absolute atomic E-state index is 0.139. The topological polar surface area (TPSA) is 55.4 Å². The number of carbonyl (C=O) groups is 2. The molecule has 2 rings (SSSR count). The molecule has 0 saturated heterocycles. The first-order chi connectivity index (χ1) is 12.7. The van der Waals surface area contributed by atoms with Gasteiger partial charge in [0.2, 0.25) is 5.91 Å². The lowest BCUT2D eigenvalue weighted by atomic mass is 10.0. The molecular formula is C20H20F3NO3. The number of nitrogens with one attached hydrogen (secondary N) is 1. The molecule has 7 heteroatoms. The zero-order chi connectivity index (χ0) is 20.0. The summed E-state index contributed by atoms with van der Waals surface area (Å²) in [5.41, 5.74) is 1.52. The van der Waals surface area contributed by atoms with Crippen molar-refractivity contribution in [2.24, 2.45) is 0 Å². The summed E-state index contributed by atoms with van der Waals surface area (Å²) in [5, 5.41) is 2.59. The molecule has 0 saturated carbocycles. The second-order valence-electron chi connectivity index (χ2n) is 6.21. The van der Waals surface area contributed by atoms with Gasteiger partial charge in [-0.25, -0.2) is 4.79 Å². The van der Waals surface area contributed by atoms with Crippen molar-refractivity contribution in [2.75, 3.05) is 7.11 Å². The molecule has 0 heterocycles. The molecule has 1 amide bonds. The lowest BCUT2D eigenvalue weighted by molar-refractivity contribution is -0.145. The first-order valence-electron chi connectivity index (χ1n) is 8.28. The Kier molecular flexibility index (Phi) is 6.60. The predicted octanol–water partition coefficient (Wildman–Crippen LogP) is 3.46. The van der Waals surface area contributed by atoms with Gasteiger partial charge in [0.15, 0.2) is 0 Å². The lowest BCUT2D eigenvalue weighted by Gasteiger charge is -2.17. The van der Waals surface area contributed by atoms with E-state index < -0.39 is 29.7 Å². The number of hydrogen-bond acceptors (Lipinski definition) is 3. The molecule has 0 aromatic heterocycles. The van der Waals surface area contributed by atoms with Crippen LogP contribution < -0.4 is 5.32 Å². The van der Waals surface area contributed by atoms with Crippen molar-refractivity contribution >= 4 is 11.9 Å². The summed E-state index contributed by atoms with van der Waals surface area (Å²) in [4.78, 5) is 24.2. The summed E-state index contributed by atoms with van der Waals surface area (Å²) in [6, 6.07) is 11.0. The molecule has 0 bridgehead atoms. The largest absolute Gasteiger partial charge is 0.467 e. The fraction of sp³-hybridized carbons (Fsp3) is 0.300. The van der Waals surface area contributed by atoms with Gasteiger partial charge in [0, 0.05) is 6.42 Å². The first kappa shape index (κ1) is 20.5. The first-order valence-corrected chi connectivity index (χ1v) is 8.28. The monoisotopic (exact) mass is 379 g/mol. The van der Waals surface area contributed by atoms with Crippen LogP contribution in [-0.2, 0) is 33.3 Å². The van der Waals surface area contributed by atoms with E-state index >= 15 is 0 Å². The molecule has 4 nitrogen and oxygen atoms in total. The average molecular weight is 379 g/mol. The maximum atomic E-state index is 12.6. The molecule has 0 aliphatic rings. The second kappa shape index (κ2) is 8.70. The summed E-state index contributed by atoms with van der Waals surface area (Å²) >= 11 is 0. The highest BCUT2D eigenvalue weighted by Crippen LogP contribution is 2.29. The maximum Gasteiger partial charge on any atom is 0.416 e. The van der Waals surface area contributed by atoms with Crippen molar-refractivity contribution in [3.05, 3.63) is 70.8 Å². The number of esters is 1.